The van der Waals surface area contributed by atoms with E-state index in [0.29, 0.717) is 24.1 Å². The van der Waals surface area contributed by atoms with Gasteiger partial charge in [0.1, 0.15) is 5.65 Å². The molecule has 100 valence electrons. The Morgan fingerprint density at radius 3 is 3.00 bits per heavy atom. The molecule has 6 heteroatoms. The molecule has 2 aromatic rings. The molecular formula is C13H14N2O3S. The molecule has 1 unspecified atom stereocenters. The van der Waals surface area contributed by atoms with E-state index in [1.54, 1.807) is 12.1 Å². The predicted molar refractivity (Wildman–Crippen MR) is 71.0 cm³/mol. The lowest BCUT2D eigenvalue weighted by atomic mass is 10.0. The summed E-state index contributed by atoms with van der Waals surface area (Å²) in [5, 5.41) is 0. The number of pyridine rings is 1. The molecule has 1 aliphatic heterocycles. The van der Waals surface area contributed by atoms with Crippen LogP contribution in [0.2, 0.25) is 0 Å². The number of rotatable bonds is 3. The van der Waals surface area contributed by atoms with E-state index in [0.717, 1.165) is 12.0 Å². The molecule has 0 bridgehead atoms. The number of fused-ring (bicyclic) bond motifs is 1. The van der Waals surface area contributed by atoms with Crippen LogP contribution in [0.4, 0.5) is 0 Å². The van der Waals surface area contributed by atoms with Gasteiger partial charge >= 0.3 is 0 Å². The van der Waals surface area contributed by atoms with Crippen LogP contribution in [0.1, 0.15) is 22.5 Å². The van der Waals surface area contributed by atoms with Gasteiger partial charge in [-0.15, -0.1) is 0 Å². The fraction of sp³-hybridized carbons (Fsp3) is 0.385. The Hall–Kier alpha value is -1.69. The van der Waals surface area contributed by atoms with E-state index in [1.165, 1.54) is 0 Å². The highest BCUT2D eigenvalue weighted by Gasteiger charge is 2.28. The van der Waals surface area contributed by atoms with Crippen LogP contribution in [0, 0.1) is 5.92 Å². The van der Waals surface area contributed by atoms with E-state index in [9.17, 15) is 13.2 Å². The number of carbonyl (C=O) groups is 1. The monoisotopic (exact) mass is 278 g/mol. The smallest absolute Gasteiger partial charge is 0.153 e. The maximum Gasteiger partial charge on any atom is 0.153 e. The number of hydrogen-bond donors (Lipinski definition) is 0. The lowest BCUT2D eigenvalue weighted by Gasteiger charge is -2.03. The highest BCUT2D eigenvalue weighted by molar-refractivity contribution is 7.91. The van der Waals surface area contributed by atoms with Crippen LogP contribution in [-0.2, 0) is 16.3 Å². The summed E-state index contributed by atoms with van der Waals surface area (Å²) < 4.78 is 24.7. The molecule has 0 spiro atoms. The number of imidazole rings is 1. The third-order valence-corrected chi connectivity index (χ3v) is 5.35. The first kappa shape index (κ1) is 12.3. The van der Waals surface area contributed by atoms with Crippen LogP contribution < -0.4 is 0 Å². The number of aldehydes is 1. The number of nitrogens with zero attached hydrogens (tertiary/aromatic N) is 2. The molecule has 0 radical (unpaired) electrons. The van der Waals surface area contributed by atoms with Crippen LogP contribution in [-0.4, -0.2) is 35.6 Å². The fourth-order valence-corrected chi connectivity index (χ4v) is 4.47. The van der Waals surface area contributed by atoms with Gasteiger partial charge in [-0.2, -0.15) is 0 Å². The summed E-state index contributed by atoms with van der Waals surface area (Å²) in [4.78, 5) is 15.4. The topological polar surface area (TPSA) is 68.5 Å². The second kappa shape index (κ2) is 4.45. The Morgan fingerprint density at radius 2 is 2.32 bits per heavy atom. The summed E-state index contributed by atoms with van der Waals surface area (Å²) in [5.74, 6) is 0.682. The largest absolute Gasteiger partial charge is 0.306 e. The van der Waals surface area contributed by atoms with Crippen molar-refractivity contribution in [3.05, 3.63) is 35.8 Å². The SMILES string of the molecule is O=Cc1cccn2cc(CC3CCS(=O)(=O)C3)nc12. The van der Waals surface area contributed by atoms with Crippen molar-refractivity contribution in [2.45, 2.75) is 12.8 Å². The van der Waals surface area contributed by atoms with E-state index in [-0.39, 0.29) is 17.4 Å². The summed E-state index contributed by atoms with van der Waals surface area (Å²) >= 11 is 0. The Labute approximate surface area is 111 Å². The molecule has 1 aliphatic rings. The van der Waals surface area contributed by atoms with Crippen LogP contribution in [0.5, 0.6) is 0 Å². The van der Waals surface area contributed by atoms with E-state index < -0.39 is 9.84 Å². The van der Waals surface area contributed by atoms with Crippen LogP contribution in [0.3, 0.4) is 0 Å². The van der Waals surface area contributed by atoms with Crippen molar-refractivity contribution in [2.24, 2.45) is 5.92 Å². The molecule has 1 atom stereocenters. The zero-order chi connectivity index (χ0) is 13.5. The number of aromatic nitrogens is 2. The highest BCUT2D eigenvalue weighted by atomic mass is 32.2. The molecule has 0 saturated carbocycles. The maximum atomic E-state index is 11.4. The molecule has 0 aromatic carbocycles. The second-order valence-electron chi connectivity index (χ2n) is 5.02. The zero-order valence-electron chi connectivity index (χ0n) is 10.3. The van der Waals surface area contributed by atoms with Gasteiger partial charge in [-0.3, -0.25) is 4.79 Å². The van der Waals surface area contributed by atoms with Crippen molar-refractivity contribution in [1.82, 2.24) is 9.38 Å². The van der Waals surface area contributed by atoms with E-state index in [1.807, 2.05) is 16.8 Å². The van der Waals surface area contributed by atoms with Crippen LogP contribution >= 0.6 is 0 Å². The first-order valence-corrected chi connectivity index (χ1v) is 8.02. The van der Waals surface area contributed by atoms with Gasteiger partial charge in [0.15, 0.2) is 16.1 Å². The second-order valence-corrected chi connectivity index (χ2v) is 7.25. The first-order valence-electron chi connectivity index (χ1n) is 6.19. The van der Waals surface area contributed by atoms with Gasteiger partial charge in [-0.1, -0.05) is 0 Å². The molecule has 1 fully saturated rings. The van der Waals surface area contributed by atoms with Crippen molar-refractivity contribution in [1.29, 1.82) is 0 Å². The first-order chi connectivity index (χ1) is 9.07. The summed E-state index contributed by atoms with van der Waals surface area (Å²) in [5.41, 5.74) is 2.03. The van der Waals surface area contributed by atoms with Gasteiger partial charge in [0.05, 0.1) is 22.8 Å². The molecule has 5 nitrogen and oxygen atoms in total. The Balaban J connectivity index is 1.88. The van der Waals surface area contributed by atoms with Crippen LogP contribution in [0.25, 0.3) is 5.65 Å². The third-order valence-electron chi connectivity index (χ3n) is 3.51. The molecule has 1 saturated heterocycles. The molecule has 3 rings (SSSR count). The normalized spacial score (nSPS) is 21.8. The van der Waals surface area contributed by atoms with Gasteiger partial charge in [-0.25, -0.2) is 13.4 Å². The predicted octanol–water partition coefficient (Wildman–Crippen LogP) is 1.12. The Bertz CT molecular complexity index is 733. The zero-order valence-corrected chi connectivity index (χ0v) is 11.1. The van der Waals surface area contributed by atoms with Gasteiger partial charge in [-0.05, 0) is 30.9 Å². The molecule has 0 aliphatic carbocycles. The molecular weight excluding hydrogens is 264 g/mol. The maximum absolute atomic E-state index is 11.4. The molecule has 19 heavy (non-hydrogen) atoms. The van der Waals surface area contributed by atoms with Crippen molar-refractivity contribution in [3.8, 4) is 0 Å². The van der Waals surface area contributed by atoms with E-state index >= 15 is 0 Å². The van der Waals surface area contributed by atoms with Crippen molar-refractivity contribution in [2.75, 3.05) is 11.5 Å². The number of hydrogen-bond acceptors (Lipinski definition) is 4. The highest BCUT2D eigenvalue weighted by Crippen LogP contribution is 2.22. The minimum Gasteiger partial charge on any atom is -0.306 e. The lowest BCUT2D eigenvalue weighted by Crippen LogP contribution is -2.07. The fourth-order valence-electron chi connectivity index (χ4n) is 2.60. The Kier molecular flexibility index (Phi) is 2.89. The molecule has 0 N–H and O–H groups in total. The number of sulfone groups is 1. The summed E-state index contributed by atoms with van der Waals surface area (Å²) in [6.07, 6.45) is 5.85. The van der Waals surface area contributed by atoms with Gasteiger partial charge in [0, 0.05) is 12.4 Å². The average Bonchev–Trinajstić information content (AvgIpc) is 2.91. The lowest BCUT2D eigenvalue weighted by molar-refractivity contribution is 0.112. The van der Waals surface area contributed by atoms with Crippen molar-refractivity contribution >= 4 is 21.8 Å². The molecule has 0 amide bonds. The summed E-state index contributed by atoms with van der Waals surface area (Å²) in [6.45, 7) is 0. The summed E-state index contributed by atoms with van der Waals surface area (Å²) in [6, 6.07) is 3.52. The quantitative estimate of drug-likeness (QED) is 0.789. The number of carbonyl (C=O) groups excluding carboxylic acids is 1. The molecule has 2 aromatic heterocycles. The van der Waals surface area contributed by atoms with Gasteiger partial charge in [0.2, 0.25) is 0 Å². The Morgan fingerprint density at radius 1 is 1.47 bits per heavy atom. The standard InChI is InChI=1S/C13H14N2O3S/c16-8-11-2-1-4-15-7-12(14-13(11)15)6-10-3-5-19(17,18)9-10/h1-2,4,7-8,10H,3,5-6,9H2. The van der Waals surface area contributed by atoms with Crippen molar-refractivity contribution < 1.29 is 13.2 Å². The third kappa shape index (κ3) is 2.40. The van der Waals surface area contributed by atoms with Gasteiger partial charge in [0.25, 0.3) is 0 Å². The summed E-state index contributed by atoms with van der Waals surface area (Å²) in [7, 11) is -2.85. The van der Waals surface area contributed by atoms with E-state index in [4.69, 9.17) is 0 Å². The van der Waals surface area contributed by atoms with E-state index in [2.05, 4.69) is 4.98 Å². The minimum atomic E-state index is -2.85. The average molecular weight is 278 g/mol. The van der Waals surface area contributed by atoms with Crippen LogP contribution in [0.15, 0.2) is 24.5 Å². The van der Waals surface area contributed by atoms with Crippen molar-refractivity contribution in [3.63, 3.8) is 0 Å². The van der Waals surface area contributed by atoms with Gasteiger partial charge < -0.3 is 4.40 Å². The minimum absolute atomic E-state index is 0.148. The molecule has 3 heterocycles.